The van der Waals surface area contributed by atoms with E-state index in [1.54, 1.807) is 0 Å². The molecule has 1 aliphatic rings. The van der Waals surface area contributed by atoms with Gasteiger partial charge >= 0.3 is 0 Å². The smallest absolute Gasteiger partial charge is 0.128 e. The van der Waals surface area contributed by atoms with Crippen LogP contribution in [0.4, 0.5) is 5.82 Å². The molecular weight excluding hydrogens is 280 g/mol. The molecule has 0 aliphatic carbocycles. The second kappa shape index (κ2) is 5.99. The van der Waals surface area contributed by atoms with Crippen molar-refractivity contribution in [1.82, 2.24) is 9.88 Å². The first-order chi connectivity index (χ1) is 8.29. The zero-order chi connectivity index (χ0) is 12.1. The molecule has 0 aromatic carbocycles. The zero-order valence-corrected chi connectivity index (χ0v) is 11.2. The van der Waals surface area contributed by atoms with Gasteiger partial charge < -0.3 is 4.90 Å². The molecule has 1 fully saturated rings. The summed E-state index contributed by atoms with van der Waals surface area (Å²) in [7, 11) is 0. The van der Waals surface area contributed by atoms with Crippen molar-refractivity contribution in [2.45, 2.75) is 6.42 Å². The van der Waals surface area contributed by atoms with Crippen LogP contribution in [0, 0.1) is 11.3 Å². The van der Waals surface area contributed by atoms with E-state index in [4.69, 9.17) is 5.26 Å². The number of aromatic nitrogens is 1. The molecular formula is C12H15BrN4. The Kier molecular flexibility index (Phi) is 4.35. The van der Waals surface area contributed by atoms with Crippen molar-refractivity contribution >= 4 is 21.7 Å². The summed E-state index contributed by atoms with van der Waals surface area (Å²) in [4.78, 5) is 9.02. The van der Waals surface area contributed by atoms with Crippen molar-refractivity contribution in [3.8, 4) is 6.07 Å². The van der Waals surface area contributed by atoms with Gasteiger partial charge in [-0.05, 0) is 28.1 Å². The monoisotopic (exact) mass is 294 g/mol. The van der Waals surface area contributed by atoms with Crippen molar-refractivity contribution in [1.29, 1.82) is 5.26 Å². The van der Waals surface area contributed by atoms with Gasteiger partial charge in [0.2, 0.25) is 0 Å². The molecule has 0 N–H and O–H groups in total. The Labute approximate surface area is 110 Å². The summed E-state index contributed by atoms with van der Waals surface area (Å²) in [6.45, 7) is 4.89. The number of nitrogens with zero attached hydrogens (tertiary/aromatic N) is 4. The van der Waals surface area contributed by atoms with Crippen LogP contribution >= 0.6 is 15.9 Å². The minimum absolute atomic E-state index is 0.622. The Morgan fingerprint density at radius 2 is 2.06 bits per heavy atom. The van der Waals surface area contributed by atoms with Crippen LogP contribution in [0.1, 0.15) is 6.42 Å². The molecule has 0 unspecified atom stereocenters. The Balaban J connectivity index is 1.87. The summed E-state index contributed by atoms with van der Waals surface area (Å²) in [5.41, 5.74) is 0. The molecule has 17 heavy (non-hydrogen) atoms. The lowest BCUT2D eigenvalue weighted by molar-refractivity contribution is 0.263. The third-order valence-electron chi connectivity index (χ3n) is 2.95. The highest BCUT2D eigenvalue weighted by molar-refractivity contribution is 9.10. The predicted octanol–water partition coefficient (Wildman–Crippen LogP) is 1.88. The number of nitriles is 1. The van der Waals surface area contributed by atoms with E-state index < -0.39 is 0 Å². The van der Waals surface area contributed by atoms with Crippen LogP contribution in [-0.4, -0.2) is 42.6 Å². The zero-order valence-electron chi connectivity index (χ0n) is 9.64. The van der Waals surface area contributed by atoms with E-state index in [9.17, 15) is 0 Å². The van der Waals surface area contributed by atoms with Gasteiger partial charge in [-0.2, -0.15) is 5.26 Å². The fourth-order valence-corrected chi connectivity index (χ4v) is 2.20. The molecule has 0 spiro atoms. The first-order valence-corrected chi connectivity index (χ1v) is 6.55. The number of halogens is 1. The second-order valence-electron chi connectivity index (χ2n) is 4.07. The molecule has 2 rings (SSSR count). The van der Waals surface area contributed by atoms with Crippen molar-refractivity contribution in [2.75, 3.05) is 37.6 Å². The number of hydrogen-bond acceptors (Lipinski definition) is 4. The molecule has 0 amide bonds. The quantitative estimate of drug-likeness (QED) is 0.854. The van der Waals surface area contributed by atoms with Gasteiger partial charge in [-0.25, -0.2) is 4.98 Å². The van der Waals surface area contributed by atoms with Gasteiger partial charge in [0.05, 0.1) is 6.07 Å². The molecule has 0 atom stereocenters. The third-order valence-corrected chi connectivity index (χ3v) is 3.42. The number of pyridine rings is 1. The van der Waals surface area contributed by atoms with E-state index in [-0.39, 0.29) is 0 Å². The fourth-order valence-electron chi connectivity index (χ4n) is 1.96. The van der Waals surface area contributed by atoms with Gasteiger partial charge in [0, 0.05) is 49.8 Å². The van der Waals surface area contributed by atoms with Crippen LogP contribution in [-0.2, 0) is 0 Å². The van der Waals surface area contributed by atoms with Gasteiger partial charge in [-0.1, -0.05) is 0 Å². The van der Waals surface area contributed by atoms with Crippen LogP contribution in [0.3, 0.4) is 0 Å². The SMILES string of the molecule is N#CCCN1CCN(c2ccc(Br)cn2)CC1. The molecule has 1 aromatic rings. The highest BCUT2D eigenvalue weighted by Crippen LogP contribution is 2.16. The van der Waals surface area contributed by atoms with E-state index in [2.05, 4.69) is 36.8 Å². The van der Waals surface area contributed by atoms with Crippen molar-refractivity contribution in [3.63, 3.8) is 0 Å². The molecule has 0 radical (unpaired) electrons. The van der Waals surface area contributed by atoms with Crippen molar-refractivity contribution < 1.29 is 0 Å². The summed E-state index contributed by atoms with van der Waals surface area (Å²) < 4.78 is 1.01. The Hall–Kier alpha value is -1.12. The molecule has 1 aliphatic heterocycles. The van der Waals surface area contributed by atoms with Gasteiger partial charge in [0.15, 0.2) is 0 Å². The molecule has 4 nitrogen and oxygen atoms in total. The number of rotatable bonds is 3. The molecule has 1 saturated heterocycles. The van der Waals surface area contributed by atoms with E-state index in [0.717, 1.165) is 43.0 Å². The van der Waals surface area contributed by atoms with Crippen LogP contribution in [0.5, 0.6) is 0 Å². The summed E-state index contributed by atoms with van der Waals surface area (Å²) in [6.07, 6.45) is 2.45. The highest BCUT2D eigenvalue weighted by atomic mass is 79.9. The lowest BCUT2D eigenvalue weighted by Gasteiger charge is -2.35. The third kappa shape index (κ3) is 3.42. The van der Waals surface area contributed by atoms with Gasteiger partial charge in [0.1, 0.15) is 5.82 Å². The maximum atomic E-state index is 8.55. The minimum Gasteiger partial charge on any atom is -0.354 e. The molecule has 2 heterocycles. The normalized spacial score (nSPS) is 16.8. The Bertz CT molecular complexity index is 390. The van der Waals surface area contributed by atoms with Crippen LogP contribution in [0.2, 0.25) is 0 Å². The first-order valence-electron chi connectivity index (χ1n) is 5.75. The highest BCUT2D eigenvalue weighted by Gasteiger charge is 2.17. The first kappa shape index (κ1) is 12.3. The van der Waals surface area contributed by atoms with Gasteiger partial charge in [-0.3, -0.25) is 4.90 Å². The second-order valence-corrected chi connectivity index (χ2v) is 4.99. The number of hydrogen-bond donors (Lipinski definition) is 0. The van der Waals surface area contributed by atoms with Crippen LogP contribution < -0.4 is 4.90 Å². The van der Waals surface area contributed by atoms with E-state index in [1.165, 1.54) is 0 Å². The molecule has 0 bridgehead atoms. The van der Waals surface area contributed by atoms with Crippen LogP contribution in [0.25, 0.3) is 0 Å². The summed E-state index contributed by atoms with van der Waals surface area (Å²) in [5, 5.41) is 8.55. The lowest BCUT2D eigenvalue weighted by atomic mass is 10.3. The largest absolute Gasteiger partial charge is 0.354 e. The van der Waals surface area contributed by atoms with Crippen LogP contribution in [0.15, 0.2) is 22.8 Å². The molecule has 5 heteroatoms. The predicted molar refractivity (Wildman–Crippen MR) is 70.8 cm³/mol. The standard InChI is InChI=1S/C12H15BrN4/c13-11-2-3-12(15-10-11)17-8-6-16(7-9-17)5-1-4-14/h2-3,10H,1,5-9H2. The average molecular weight is 295 g/mol. The van der Waals surface area contributed by atoms with Gasteiger partial charge in [0.25, 0.3) is 0 Å². The Morgan fingerprint density at radius 1 is 1.29 bits per heavy atom. The van der Waals surface area contributed by atoms with E-state index in [0.29, 0.717) is 6.42 Å². The molecule has 0 saturated carbocycles. The van der Waals surface area contributed by atoms with Crippen molar-refractivity contribution in [2.24, 2.45) is 0 Å². The van der Waals surface area contributed by atoms with Gasteiger partial charge in [-0.15, -0.1) is 0 Å². The summed E-state index contributed by atoms with van der Waals surface area (Å²) in [6, 6.07) is 6.25. The topological polar surface area (TPSA) is 43.2 Å². The molecule has 1 aromatic heterocycles. The number of piperazine rings is 1. The van der Waals surface area contributed by atoms with E-state index in [1.807, 2.05) is 18.3 Å². The average Bonchev–Trinajstić information content (AvgIpc) is 2.38. The maximum absolute atomic E-state index is 8.55. The Morgan fingerprint density at radius 3 is 2.65 bits per heavy atom. The summed E-state index contributed by atoms with van der Waals surface area (Å²) in [5.74, 6) is 1.04. The fraction of sp³-hybridized carbons (Fsp3) is 0.500. The van der Waals surface area contributed by atoms with Crippen molar-refractivity contribution in [3.05, 3.63) is 22.8 Å². The number of anilines is 1. The summed E-state index contributed by atoms with van der Waals surface area (Å²) >= 11 is 3.39. The van der Waals surface area contributed by atoms with E-state index >= 15 is 0 Å². The minimum atomic E-state index is 0.622. The maximum Gasteiger partial charge on any atom is 0.128 e. The molecule has 90 valence electrons. The lowest BCUT2D eigenvalue weighted by Crippen LogP contribution is -2.46.